The van der Waals surface area contributed by atoms with Crippen molar-refractivity contribution in [3.8, 4) is 5.75 Å². The Kier molecular flexibility index (Phi) is 6.65. The minimum absolute atomic E-state index is 0.0116. The number of rotatable bonds is 8. The van der Waals surface area contributed by atoms with E-state index in [0.29, 0.717) is 22.8 Å². The van der Waals surface area contributed by atoms with E-state index in [4.69, 9.17) is 9.15 Å². The van der Waals surface area contributed by atoms with Gasteiger partial charge >= 0.3 is 0 Å². The molecule has 3 aromatic rings. The number of carbonyl (C=O) groups excluding carboxylic acids is 1. The van der Waals surface area contributed by atoms with Crippen LogP contribution in [0.25, 0.3) is 0 Å². The Labute approximate surface area is 174 Å². The highest BCUT2D eigenvalue weighted by Gasteiger charge is 2.14. The molecule has 0 aliphatic rings. The fourth-order valence-corrected chi connectivity index (χ4v) is 3.48. The van der Waals surface area contributed by atoms with Gasteiger partial charge in [0.1, 0.15) is 17.3 Å². The van der Waals surface area contributed by atoms with Gasteiger partial charge in [-0.2, -0.15) is 5.10 Å². The summed E-state index contributed by atoms with van der Waals surface area (Å²) in [7, 11) is -2.09. The molecule has 8 nitrogen and oxygen atoms in total. The van der Waals surface area contributed by atoms with Gasteiger partial charge in [0.15, 0.2) is 0 Å². The maximum Gasteiger partial charge on any atom is 0.271 e. The maximum atomic E-state index is 12.3. The van der Waals surface area contributed by atoms with Crippen molar-refractivity contribution in [1.82, 2.24) is 10.1 Å². The smallest absolute Gasteiger partial charge is 0.271 e. The predicted molar refractivity (Wildman–Crippen MR) is 112 cm³/mol. The second-order valence-corrected chi connectivity index (χ2v) is 8.14. The number of benzene rings is 2. The zero-order chi connectivity index (χ0) is 21.6. The standard InChI is InChI=1S/C21H21N3O5S/c1-15-3-11-20(12-4-15)30(26,27)23-14-19-10-9-18(29-19)13-22-24-21(25)16-5-7-17(28-2)8-6-16/h3-13,23H,14H2,1-2H3,(H,24,25)/b22-13-. The van der Waals surface area contributed by atoms with Crippen molar-refractivity contribution in [2.24, 2.45) is 5.10 Å². The van der Waals surface area contributed by atoms with Crippen LogP contribution in [-0.2, 0) is 16.6 Å². The van der Waals surface area contributed by atoms with Crippen LogP contribution in [0, 0.1) is 6.92 Å². The molecule has 1 heterocycles. The first-order chi connectivity index (χ1) is 14.4. The molecule has 0 saturated heterocycles. The Morgan fingerprint density at radius 1 is 1.07 bits per heavy atom. The van der Waals surface area contributed by atoms with E-state index < -0.39 is 10.0 Å². The topological polar surface area (TPSA) is 110 Å². The minimum Gasteiger partial charge on any atom is -0.497 e. The number of methoxy groups -OCH3 is 1. The van der Waals surface area contributed by atoms with E-state index in [1.807, 2.05) is 6.92 Å². The van der Waals surface area contributed by atoms with Crippen LogP contribution in [0.1, 0.15) is 27.4 Å². The average Bonchev–Trinajstić information content (AvgIpc) is 3.20. The molecule has 9 heteroatoms. The Hall–Kier alpha value is -3.43. The lowest BCUT2D eigenvalue weighted by Gasteiger charge is -2.05. The molecule has 0 aliphatic carbocycles. The fraction of sp³-hybridized carbons (Fsp3) is 0.143. The number of hydrogen-bond acceptors (Lipinski definition) is 6. The molecule has 0 spiro atoms. The highest BCUT2D eigenvalue weighted by atomic mass is 32.2. The summed E-state index contributed by atoms with van der Waals surface area (Å²) in [6, 6.07) is 16.4. The largest absolute Gasteiger partial charge is 0.497 e. The van der Waals surface area contributed by atoms with Crippen LogP contribution >= 0.6 is 0 Å². The first-order valence-electron chi connectivity index (χ1n) is 9.00. The van der Waals surface area contributed by atoms with Crippen molar-refractivity contribution >= 4 is 22.1 Å². The van der Waals surface area contributed by atoms with Gasteiger partial charge in [0.25, 0.3) is 5.91 Å². The SMILES string of the molecule is COc1ccc(C(=O)N/N=C\c2ccc(CNS(=O)(=O)c3ccc(C)cc3)o2)cc1. The molecular formula is C21H21N3O5S. The maximum absolute atomic E-state index is 12.3. The zero-order valence-corrected chi connectivity index (χ0v) is 17.3. The van der Waals surface area contributed by atoms with Crippen molar-refractivity contribution in [3.05, 3.63) is 83.3 Å². The first-order valence-corrected chi connectivity index (χ1v) is 10.5. The Morgan fingerprint density at radius 3 is 2.43 bits per heavy atom. The lowest BCUT2D eigenvalue weighted by Crippen LogP contribution is -2.22. The van der Waals surface area contributed by atoms with Gasteiger partial charge in [0.05, 0.1) is 24.8 Å². The van der Waals surface area contributed by atoms with Gasteiger partial charge in [0.2, 0.25) is 10.0 Å². The Bertz CT molecular complexity index is 1130. The summed E-state index contributed by atoms with van der Waals surface area (Å²) in [5, 5.41) is 3.85. The number of furan rings is 1. The van der Waals surface area contributed by atoms with Gasteiger partial charge in [-0.1, -0.05) is 17.7 Å². The minimum atomic E-state index is -3.64. The van der Waals surface area contributed by atoms with Crippen molar-refractivity contribution < 1.29 is 22.4 Å². The van der Waals surface area contributed by atoms with Crippen molar-refractivity contribution in [3.63, 3.8) is 0 Å². The van der Waals surface area contributed by atoms with Crippen molar-refractivity contribution in [2.45, 2.75) is 18.4 Å². The normalized spacial score (nSPS) is 11.5. The molecule has 0 bridgehead atoms. The van der Waals surface area contributed by atoms with Crippen LogP contribution in [0.2, 0.25) is 0 Å². The monoisotopic (exact) mass is 427 g/mol. The van der Waals surface area contributed by atoms with E-state index in [-0.39, 0.29) is 17.3 Å². The summed E-state index contributed by atoms with van der Waals surface area (Å²) in [6.07, 6.45) is 1.33. The molecule has 2 aromatic carbocycles. The summed E-state index contributed by atoms with van der Waals surface area (Å²) >= 11 is 0. The Balaban J connectivity index is 1.54. The first kappa shape index (κ1) is 21.3. The van der Waals surface area contributed by atoms with E-state index in [0.717, 1.165) is 5.56 Å². The summed E-state index contributed by atoms with van der Waals surface area (Å²) in [5.41, 5.74) is 3.80. The van der Waals surface area contributed by atoms with Gasteiger partial charge in [-0.25, -0.2) is 18.6 Å². The van der Waals surface area contributed by atoms with E-state index >= 15 is 0 Å². The lowest BCUT2D eigenvalue weighted by atomic mass is 10.2. The second kappa shape index (κ2) is 9.38. The molecule has 0 aliphatic heterocycles. The summed E-state index contributed by atoms with van der Waals surface area (Å²) in [6.45, 7) is 1.87. The summed E-state index contributed by atoms with van der Waals surface area (Å²) in [5.74, 6) is 1.05. The van der Waals surface area contributed by atoms with Gasteiger partial charge in [-0.3, -0.25) is 4.79 Å². The quantitative estimate of drug-likeness (QED) is 0.424. The van der Waals surface area contributed by atoms with Gasteiger partial charge in [0, 0.05) is 5.56 Å². The second-order valence-electron chi connectivity index (χ2n) is 6.37. The molecule has 30 heavy (non-hydrogen) atoms. The predicted octanol–water partition coefficient (Wildman–Crippen LogP) is 2.84. The fourth-order valence-electron chi connectivity index (χ4n) is 2.49. The molecule has 3 rings (SSSR count). The number of amides is 1. The van der Waals surface area contributed by atoms with Gasteiger partial charge in [-0.05, 0) is 55.5 Å². The molecule has 1 aromatic heterocycles. The molecule has 0 atom stereocenters. The number of sulfonamides is 1. The van der Waals surface area contributed by atoms with E-state index in [2.05, 4.69) is 15.2 Å². The molecule has 0 saturated carbocycles. The Morgan fingerprint density at radius 2 is 1.77 bits per heavy atom. The van der Waals surface area contributed by atoms with Gasteiger partial charge < -0.3 is 9.15 Å². The van der Waals surface area contributed by atoms with E-state index in [1.54, 1.807) is 67.8 Å². The third-order valence-electron chi connectivity index (χ3n) is 4.16. The van der Waals surface area contributed by atoms with Crippen molar-refractivity contribution in [2.75, 3.05) is 7.11 Å². The average molecular weight is 427 g/mol. The molecule has 0 radical (unpaired) electrons. The molecule has 156 valence electrons. The zero-order valence-electron chi connectivity index (χ0n) is 16.5. The number of carbonyl (C=O) groups is 1. The summed E-state index contributed by atoms with van der Waals surface area (Å²) < 4.78 is 37.7. The van der Waals surface area contributed by atoms with Crippen molar-refractivity contribution in [1.29, 1.82) is 0 Å². The molecule has 1 amide bonds. The number of hydrazone groups is 1. The highest BCUT2D eigenvalue weighted by Crippen LogP contribution is 2.13. The van der Waals surface area contributed by atoms with Crippen LogP contribution < -0.4 is 14.9 Å². The van der Waals surface area contributed by atoms with E-state index in [1.165, 1.54) is 6.21 Å². The van der Waals surface area contributed by atoms with Crippen LogP contribution in [-0.4, -0.2) is 27.6 Å². The van der Waals surface area contributed by atoms with Crippen LogP contribution in [0.4, 0.5) is 0 Å². The summed E-state index contributed by atoms with van der Waals surface area (Å²) in [4.78, 5) is 12.2. The van der Waals surface area contributed by atoms with Crippen LogP contribution in [0.5, 0.6) is 5.75 Å². The number of aryl methyl sites for hydroxylation is 1. The highest BCUT2D eigenvalue weighted by molar-refractivity contribution is 7.89. The molecule has 2 N–H and O–H groups in total. The number of ether oxygens (including phenoxy) is 1. The number of nitrogens with zero attached hydrogens (tertiary/aromatic N) is 1. The van der Waals surface area contributed by atoms with E-state index in [9.17, 15) is 13.2 Å². The third-order valence-corrected chi connectivity index (χ3v) is 5.58. The molecule has 0 unspecified atom stereocenters. The lowest BCUT2D eigenvalue weighted by molar-refractivity contribution is 0.0955. The van der Waals surface area contributed by atoms with Gasteiger partial charge in [-0.15, -0.1) is 0 Å². The number of hydrogen-bond donors (Lipinski definition) is 2. The van der Waals surface area contributed by atoms with Crippen LogP contribution in [0.15, 0.2) is 75.1 Å². The molecule has 0 fully saturated rings. The third kappa shape index (κ3) is 5.56. The van der Waals surface area contributed by atoms with Crippen LogP contribution in [0.3, 0.4) is 0 Å². The number of nitrogens with one attached hydrogen (secondary N) is 2. The molecular weight excluding hydrogens is 406 g/mol.